The maximum absolute atomic E-state index is 11.1. The molecular formula is C22H30O5. The monoisotopic (exact) mass is 374 g/mol. The number of hydrogen-bond donors (Lipinski definition) is 2. The van der Waals surface area contributed by atoms with Gasteiger partial charge in [-0.3, -0.25) is 9.59 Å². The lowest BCUT2D eigenvalue weighted by Crippen LogP contribution is -2.07. The maximum Gasteiger partial charge on any atom is 0.310 e. The lowest BCUT2D eigenvalue weighted by atomic mass is 10.1. The Labute approximate surface area is 161 Å². The third-order valence-corrected chi connectivity index (χ3v) is 3.25. The Hall–Kier alpha value is -2.66. The highest BCUT2D eigenvalue weighted by atomic mass is 16.5. The van der Waals surface area contributed by atoms with Gasteiger partial charge in [-0.15, -0.1) is 0 Å². The van der Waals surface area contributed by atoms with Crippen LogP contribution in [0.2, 0.25) is 0 Å². The number of benzene rings is 2. The van der Waals surface area contributed by atoms with E-state index in [2.05, 4.69) is 0 Å². The molecule has 0 unspecified atom stereocenters. The fourth-order valence-corrected chi connectivity index (χ4v) is 1.97. The van der Waals surface area contributed by atoms with Crippen molar-refractivity contribution in [2.24, 2.45) is 0 Å². The SMILES string of the molecule is CCO.CCOC(=O)Cc1ccc(C)cc1.Cc1ccc(CC(=O)O)cc1. The zero-order valence-corrected chi connectivity index (χ0v) is 16.6. The van der Waals surface area contributed by atoms with Crippen LogP contribution < -0.4 is 0 Å². The number of aryl methyl sites for hydroxylation is 2. The number of aliphatic hydroxyl groups is 1. The molecule has 0 amide bonds. The van der Waals surface area contributed by atoms with E-state index in [0.29, 0.717) is 13.0 Å². The Balaban J connectivity index is 0.000000442. The third kappa shape index (κ3) is 13.2. The normalized spacial score (nSPS) is 9.22. The van der Waals surface area contributed by atoms with Crippen LogP contribution in [0.25, 0.3) is 0 Å². The van der Waals surface area contributed by atoms with Gasteiger partial charge >= 0.3 is 11.9 Å². The Bertz CT molecular complexity index is 660. The van der Waals surface area contributed by atoms with E-state index in [1.54, 1.807) is 6.92 Å². The molecule has 0 atom stereocenters. The first-order chi connectivity index (χ1) is 12.8. The maximum atomic E-state index is 11.1. The first-order valence-electron chi connectivity index (χ1n) is 8.91. The van der Waals surface area contributed by atoms with E-state index in [1.807, 2.05) is 69.3 Å². The lowest BCUT2D eigenvalue weighted by molar-refractivity contribution is -0.142. The number of carboxylic acids is 1. The van der Waals surface area contributed by atoms with E-state index in [4.69, 9.17) is 14.9 Å². The molecule has 0 aliphatic heterocycles. The summed E-state index contributed by atoms with van der Waals surface area (Å²) in [5, 5.41) is 16.0. The predicted octanol–water partition coefficient (Wildman–Crippen LogP) is 3.72. The van der Waals surface area contributed by atoms with Crippen LogP contribution >= 0.6 is 0 Å². The van der Waals surface area contributed by atoms with Crippen LogP contribution in [0.1, 0.15) is 36.1 Å². The molecule has 0 spiro atoms. The van der Waals surface area contributed by atoms with Gasteiger partial charge in [0.05, 0.1) is 19.4 Å². The Morgan fingerprint density at radius 2 is 1.19 bits per heavy atom. The molecule has 2 N–H and O–H groups in total. The van der Waals surface area contributed by atoms with Crippen LogP contribution in [0.4, 0.5) is 0 Å². The van der Waals surface area contributed by atoms with Gasteiger partial charge in [0.2, 0.25) is 0 Å². The van der Waals surface area contributed by atoms with Gasteiger partial charge in [0.15, 0.2) is 0 Å². The predicted molar refractivity (Wildman–Crippen MR) is 107 cm³/mol. The topological polar surface area (TPSA) is 83.8 Å². The van der Waals surface area contributed by atoms with E-state index >= 15 is 0 Å². The van der Waals surface area contributed by atoms with Gasteiger partial charge in [0, 0.05) is 6.61 Å². The Morgan fingerprint density at radius 1 is 0.815 bits per heavy atom. The summed E-state index contributed by atoms with van der Waals surface area (Å²) in [4.78, 5) is 21.3. The molecule has 0 heterocycles. The van der Waals surface area contributed by atoms with Gasteiger partial charge in [0.25, 0.3) is 0 Å². The van der Waals surface area contributed by atoms with Gasteiger partial charge < -0.3 is 14.9 Å². The Morgan fingerprint density at radius 3 is 1.52 bits per heavy atom. The first kappa shape index (κ1) is 24.3. The summed E-state index contributed by atoms with van der Waals surface area (Å²) in [6.07, 6.45) is 0.481. The molecule has 5 nitrogen and oxygen atoms in total. The fraction of sp³-hybridized carbons (Fsp3) is 0.364. The van der Waals surface area contributed by atoms with Crippen molar-refractivity contribution in [1.29, 1.82) is 0 Å². The van der Waals surface area contributed by atoms with E-state index in [9.17, 15) is 9.59 Å². The summed E-state index contributed by atoms with van der Waals surface area (Å²) in [5.74, 6) is -0.944. The molecule has 2 rings (SSSR count). The summed E-state index contributed by atoms with van der Waals surface area (Å²) in [6.45, 7) is 8.19. The second-order valence-corrected chi connectivity index (χ2v) is 5.84. The molecule has 0 radical (unpaired) electrons. The molecule has 0 saturated heterocycles. The smallest absolute Gasteiger partial charge is 0.310 e. The molecule has 0 bridgehead atoms. The number of carboxylic acid groups (broad SMARTS) is 1. The zero-order chi connectivity index (χ0) is 20.7. The molecule has 0 saturated carbocycles. The van der Waals surface area contributed by atoms with E-state index in [1.165, 1.54) is 5.56 Å². The van der Waals surface area contributed by atoms with Crippen molar-refractivity contribution in [2.45, 2.75) is 40.5 Å². The number of carbonyl (C=O) groups excluding carboxylic acids is 1. The summed E-state index contributed by atoms with van der Waals surface area (Å²) >= 11 is 0. The standard InChI is InChI=1S/C11H14O2.C9H10O2.C2H6O/c1-3-13-11(12)8-10-6-4-9(2)5-7-10;1-7-2-4-8(5-3-7)6-9(10)11;1-2-3/h4-7H,3,8H2,1-2H3;2-5H,6H2,1H3,(H,10,11);3H,2H2,1H3. The van der Waals surface area contributed by atoms with Crippen LogP contribution in [0, 0.1) is 13.8 Å². The van der Waals surface area contributed by atoms with Crippen molar-refractivity contribution in [1.82, 2.24) is 0 Å². The Kier molecular flexibility index (Phi) is 13.1. The van der Waals surface area contributed by atoms with Crippen molar-refractivity contribution >= 4 is 11.9 Å². The van der Waals surface area contributed by atoms with Crippen LogP contribution in [0.5, 0.6) is 0 Å². The van der Waals surface area contributed by atoms with Gasteiger partial charge in [-0.25, -0.2) is 0 Å². The molecule has 0 aliphatic carbocycles. The van der Waals surface area contributed by atoms with Gasteiger partial charge in [-0.2, -0.15) is 0 Å². The molecular weight excluding hydrogens is 344 g/mol. The van der Waals surface area contributed by atoms with Gasteiger partial charge in [-0.1, -0.05) is 59.7 Å². The molecule has 0 fully saturated rings. The quantitative estimate of drug-likeness (QED) is 0.779. The van der Waals surface area contributed by atoms with E-state index in [0.717, 1.165) is 16.7 Å². The minimum absolute atomic E-state index is 0.111. The summed E-state index contributed by atoms with van der Waals surface area (Å²) < 4.78 is 4.84. The summed E-state index contributed by atoms with van der Waals surface area (Å²) in [5.41, 5.74) is 4.21. The zero-order valence-electron chi connectivity index (χ0n) is 16.6. The summed E-state index contributed by atoms with van der Waals surface area (Å²) in [7, 11) is 0. The van der Waals surface area contributed by atoms with Crippen molar-refractivity contribution in [2.75, 3.05) is 13.2 Å². The van der Waals surface area contributed by atoms with Crippen molar-refractivity contribution < 1.29 is 24.5 Å². The first-order valence-corrected chi connectivity index (χ1v) is 8.91. The average Bonchev–Trinajstić information content (AvgIpc) is 2.60. The molecule has 2 aromatic carbocycles. The molecule has 0 aromatic heterocycles. The number of hydrogen-bond acceptors (Lipinski definition) is 4. The largest absolute Gasteiger partial charge is 0.481 e. The minimum Gasteiger partial charge on any atom is -0.481 e. The van der Waals surface area contributed by atoms with E-state index in [-0.39, 0.29) is 19.0 Å². The van der Waals surface area contributed by atoms with Gasteiger partial charge in [-0.05, 0) is 38.8 Å². The van der Waals surface area contributed by atoms with Crippen molar-refractivity contribution in [3.63, 3.8) is 0 Å². The number of ether oxygens (including phenoxy) is 1. The van der Waals surface area contributed by atoms with Crippen LogP contribution in [0.3, 0.4) is 0 Å². The van der Waals surface area contributed by atoms with E-state index < -0.39 is 5.97 Å². The third-order valence-electron chi connectivity index (χ3n) is 3.25. The number of aliphatic carboxylic acids is 1. The fourth-order valence-electron chi connectivity index (χ4n) is 1.97. The number of carbonyl (C=O) groups is 2. The van der Waals surface area contributed by atoms with Crippen LogP contribution in [-0.4, -0.2) is 35.4 Å². The highest BCUT2D eigenvalue weighted by Gasteiger charge is 2.02. The number of esters is 1. The minimum atomic E-state index is -0.783. The van der Waals surface area contributed by atoms with Crippen molar-refractivity contribution in [3.8, 4) is 0 Å². The number of aliphatic hydroxyl groups excluding tert-OH is 1. The number of rotatable bonds is 5. The highest BCUT2D eigenvalue weighted by Crippen LogP contribution is 2.04. The van der Waals surface area contributed by atoms with Crippen molar-refractivity contribution in [3.05, 3.63) is 70.8 Å². The molecule has 148 valence electrons. The summed E-state index contributed by atoms with van der Waals surface area (Å²) in [6, 6.07) is 15.4. The second-order valence-electron chi connectivity index (χ2n) is 5.84. The molecule has 27 heavy (non-hydrogen) atoms. The van der Waals surface area contributed by atoms with Gasteiger partial charge in [0.1, 0.15) is 0 Å². The second kappa shape index (κ2) is 14.5. The molecule has 0 aliphatic rings. The average molecular weight is 374 g/mol. The molecule has 5 heteroatoms. The lowest BCUT2D eigenvalue weighted by Gasteiger charge is -2.01. The molecule has 2 aromatic rings. The highest BCUT2D eigenvalue weighted by molar-refractivity contribution is 5.72. The van der Waals surface area contributed by atoms with Crippen LogP contribution in [-0.2, 0) is 27.2 Å². The van der Waals surface area contributed by atoms with Crippen LogP contribution in [0.15, 0.2) is 48.5 Å².